The van der Waals surface area contributed by atoms with Crippen LogP contribution in [-0.4, -0.2) is 34.9 Å². The Morgan fingerprint density at radius 2 is 2.19 bits per heavy atom. The lowest BCUT2D eigenvalue weighted by atomic mass is 10.2. The third kappa shape index (κ3) is 4.12. The summed E-state index contributed by atoms with van der Waals surface area (Å²) in [6.45, 7) is 7.34. The molecule has 0 aliphatic rings. The number of carbonyl (C=O) groups excluding carboxylic acids is 2. The number of hydrogen-bond acceptors (Lipinski definition) is 7. The molecular weight excluding hydrogens is 358 g/mol. The van der Waals surface area contributed by atoms with Crippen molar-refractivity contribution >= 4 is 34.0 Å². The standard InChI is InChI=1S/C17H17N3O5S/c1-4-9-19(15(21)12-7-6-8-13(10-12)20(23)24)17-18-11(3)14(26-17)16(22)25-5-2/h4,6-8,10H,1,5,9H2,2-3H3. The van der Waals surface area contributed by atoms with Gasteiger partial charge in [-0.15, -0.1) is 6.58 Å². The first kappa shape index (κ1) is 19.3. The van der Waals surface area contributed by atoms with Crippen molar-refractivity contribution in [3.05, 3.63) is 63.2 Å². The molecule has 136 valence electrons. The molecule has 0 fully saturated rings. The molecule has 0 radical (unpaired) electrons. The molecule has 2 aromatic rings. The number of thiazole rings is 1. The number of amides is 1. The van der Waals surface area contributed by atoms with Crippen molar-refractivity contribution in [3.8, 4) is 0 Å². The summed E-state index contributed by atoms with van der Waals surface area (Å²) in [6.07, 6.45) is 1.51. The second kappa shape index (κ2) is 8.34. The number of hydrogen-bond donors (Lipinski definition) is 0. The molecule has 0 aliphatic heterocycles. The second-order valence-corrected chi connectivity index (χ2v) is 6.12. The fourth-order valence-corrected chi connectivity index (χ4v) is 3.14. The molecule has 0 atom stereocenters. The first-order valence-electron chi connectivity index (χ1n) is 7.70. The summed E-state index contributed by atoms with van der Waals surface area (Å²) in [5.74, 6) is -0.979. The van der Waals surface area contributed by atoms with Crippen LogP contribution in [0.4, 0.5) is 10.8 Å². The predicted molar refractivity (Wildman–Crippen MR) is 97.8 cm³/mol. The highest BCUT2D eigenvalue weighted by Gasteiger charge is 2.25. The summed E-state index contributed by atoms with van der Waals surface area (Å²) in [5.41, 5.74) is 0.410. The van der Waals surface area contributed by atoms with Gasteiger partial charge < -0.3 is 4.74 Å². The van der Waals surface area contributed by atoms with Crippen LogP contribution >= 0.6 is 11.3 Å². The van der Waals surface area contributed by atoms with Gasteiger partial charge >= 0.3 is 5.97 Å². The molecular formula is C17H17N3O5S. The number of non-ortho nitro benzene ring substituents is 1. The van der Waals surface area contributed by atoms with E-state index < -0.39 is 16.8 Å². The zero-order chi connectivity index (χ0) is 19.3. The van der Waals surface area contributed by atoms with Gasteiger partial charge in [0.15, 0.2) is 5.13 Å². The van der Waals surface area contributed by atoms with Gasteiger partial charge in [0.1, 0.15) is 4.88 Å². The largest absolute Gasteiger partial charge is 0.462 e. The van der Waals surface area contributed by atoms with Crippen molar-refractivity contribution in [2.75, 3.05) is 18.1 Å². The highest BCUT2D eigenvalue weighted by atomic mass is 32.1. The molecule has 0 saturated heterocycles. The smallest absolute Gasteiger partial charge is 0.350 e. The topological polar surface area (TPSA) is 103 Å². The minimum atomic E-state index is -0.568. The van der Waals surface area contributed by atoms with Crippen LogP contribution in [0, 0.1) is 17.0 Å². The first-order chi connectivity index (χ1) is 12.4. The van der Waals surface area contributed by atoms with E-state index in [1.54, 1.807) is 13.8 Å². The van der Waals surface area contributed by atoms with Gasteiger partial charge in [-0.2, -0.15) is 0 Å². The zero-order valence-electron chi connectivity index (χ0n) is 14.3. The van der Waals surface area contributed by atoms with E-state index in [0.29, 0.717) is 15.7 Å². The number of ether oxygens (including phenoxy) is 1. The van der Waals surface area contributed by atoms with E-state index in [4.69, 9.17) is 4.74 Å². The number of aromatic nitrogens is 1. The molecule has 26 heavy (non-hydrogen) atoms. The second-order valence-electron chi connectivity index (χ2n) is 5.14. The quantitative estimate of drug-likeness (QED) is 0.318. The number of nitrogens with zero attached hydrogens (tertiary/aromatic N) is 3. The molecule has 2 rings (SSSR count). The van der Waals surface area contributed by atoms with Crippen molar-refractivity contribution in [1.29, 1.82) is 0 Å². The maximum absolute atomic E-state index is 12.8. The van der Waals surface area contributed by atoms with Gasteiger partial charge in [-0.1, -0.05) is 23.5 Å². The summed E-state index contributed by atoms with van der Waals surface area (Å²) >= 11 is 1.03. The highest BCUT2D eigenvalue weighted by Crippen LogP contribution is 2.28. The van der Waals surface area contributed by atoms with Gasteiger partial charge in [-0.3, -0.25) is 19.8 Å². The molecule has 0 aliphatic carbocycles. The van der Waals surface area contributed by atoms with Crippen molar-refractivity contribution in [3.63, 3.8) is 0 Å². The molecule has 8 nitrogen and oxygen atoms in total. The first-order valence-corrected chi connectivity index (χ1v) is 8.52. The number of benzene rings is 1. The Balaban J connectivity index is 2.40. The molecule has 0 N–H and O–H groups in total. The number of esters is 1. The number of nitro groups is 1. The minimum Gasteiger partial charge on any atom is -0.462 e. The van der Waals surface area contributed by atoms with E-state index in [9.17, 15) is 19.7 Å². The summed E-state index contributed by atoms with van der Waals surface area (Å²) < 4.78 is 4.98. The average molecular weight is 375 g/mol. The fourth-order valence-electron chi connectivity index (χ4n) is 2.17. The van der Waals surface area contributed by atoms with E-state index in [2.05, 4.69) is 11.6 Å². The van der Waals surface area contributed by atoms with Crippen LogP contribution in [0.2, 0.25) is 0 Å². The van der Waals surface area contributed by atoms with Crippen LogP contribution in [0.5, 0.6) is 0 Å². The van der Waals surface area contributed by atoms with Gasteiger partial charge in [0.2, 0.25) is 0 Å². The fraction of sp³-hybridized carbons (Fsp3) is 0.235. The van der Waals surface area contributed by atoms with Crippen molar-refractivity contribution < 1.29 is 19.2 Å². The lowest BCUT2D eigenvalue weighted by Crippen LogP contribution is -2.31. The maximum Gasteiger partial charge on any atom is 0.350 e. The molecule has 1 heterocycles. The summed E-state index contributed by atoms with van der Waals surface area (Å²) in [6, 6.07) is 5.43. The van der Waals surface area contributed by atoms with E-state index in [1.165, 1.54) is 35.2 Å². The summed E-state index contributed by atoms with van der Waals surface area (Å²) in [5, 5.41) is 11.2. The van der Waals surface area contributed by atoms with E-state index in [0.717, 1.165) is 11.3 Å². The maximum atomic E-state index is 12.8. The van der Waals surface area contributed by atoms with Gasteiger partial charge in [0.05, 0.1) is 17.2 Å². The Bertz CT molecular complexity index is 862. The molecule has 0 bridgehead atoms. The molecule has 1 amide bonds. The van der Waals surface area contributed by atoms with Crippen LogP contribution < -0.4 is 4.90 Å². The van der Waals surface area contributed by atoms with Crippen LogP contribution in [0.3, 0.4) is 0 Å². The number of carbonyl (C=O) groups is 2. The normalized spacial score (nSPS) is 10.2. The molecule has 0 saturated carbocycles. The van der Waals surface area contributed by atoms with E-state index in [-0.39, 0.29) is 24.4 Å². The molecule has 9 heteroatoms. The Morgan fingerprint density at radius 1 is 1.46 bits per heavy atom. The van der Waals surface area contributed by atoms with E-state index in [1.807, 2.05) is 0 Å². The number of rotatable bonds is 7. The monoisotopic (exact) mass is 375 g/mol. The molecule has 1 aromatic heterocycles. The Kier molecular flexibility index (Phi) is 6.18. The lowest BCUT2D eigenvalue weighted by Gasteiger charge is -2.17. The Labute approximate surface area is 153 Å². The molecule has 0 spiro atoms. The van der Waals surface area contributed by atoms with Crippen LogP contribution in [-0.2, 0) is 4.74 Å². The zero-order valence-corrected chi connectivity index (χ0v) is 15.1. The minimum absolute atomic E-state index is 0.136. The van der Waals surface area contributed by atoms with Gasteiger partial charge in [-0.25, -0.2) is 9.78 Å². The SMILES string of the molecule is C=CCN(C(=O)c1cccc([N+](=O)[O-])c1)c1nc(C)c(C(=O)OCC)s1. The average Bonchev–Trinajstić information content (AvgIpc) is 3.01. The highest BCUT2D eigenvalue weighted by molar-refractivity contribution is 7.17. The van der Waals surface area contributed by atoms with Crippen molar-refractivity contribution in [1.82, 2.24) is 4.98 Å². The molecule has 1 aromatic carbocycles. The van der Waals surface area contributed by atoms with Crippen LogP contribution in [0.25, 0.3) is 0 Å². The van der Waals surface area contributed by atoms with Gasteiger partial charge in [-0.05, 0) is 19.9 Å². The predicted octanol–water partition coefficient (Wildman–Crippen LogP) is 3.37. The number of aryl methyl sites for hydroxylation is 1. The third-order valence-electron chi connectivity index (χ3n) is 3.34. The Morgan fingerprint density at radius 3 is 2.81 bits per heavy atom. The van der Waals surface area contributed by atoms with Crippen molar-refractivity contribution in [2.45, 2.75) is 13.8 Å². The van der Waals surface area contributed by atoms with Crippen LogP contribution in [0.1, 0.15) is 32.6 Å². The third-order valence-corrected chi connectivity index (χ3v) is 4.50. The number of nitro benzene ring substituents is 1. The molecule has 0 unspecified atom stereocenters. The summed E-state index contributed by atoms with van der Waals surface area (Å²) in [7, 11) is 0. The Hall–Kier alpha value is -3.07. The number of anilines is 1. The lowest BCUT2D eigenvalue weighted by molar-refractivity contribution is -0.384. The van der Waals surface area contributed by atoms with Gasteiger partial charge in [0.25, 0.3) is 11.6 Å². The van der Waals surface area contributed by atoms with E-state index >= 15 is 0 Å². The summed E-state index contributed by atoms with van der Waals surface area (Å²) in [4.78, 5) is 41.1. The van der Waals surface area contributed by atoms with Gasteiger partial charge in [0, 0.05) is 24.2 Å². The van der Waals surface area contributed by atoms with Crippen LogP contribution in [0.15, 0.2) is 36.9 Å². The van der Waals surface area contributed by atoms with Crippen molar-refractivity contribution in [2.24, 2.45) is 0 Å².